The highest BCUT2D eigenvalue weighted by molar-refractivity contribution is 6.11. The van der Waals surface area contributed by atoms with E-state index in [1.165, 1.54) is 6.07 Å². The van der Waals surface area contributed by atoms with Crippen LogP contribution in [0, 0.1) is 5.82 Å². The van der Waals surface area contributed by atoms with Crippen molar-refractivity contribution in [1.82, 2.24) is 10.3 Å². The minimum absolute atomic E-state index is 0.0257. The topological polar surface area (TPSA) is 54.1 Å². The molecule has 0 saturated carbocycles. The summed E-state index contributed by atoms with van der Waals surface area (Å²) in [6.45, 7) is 1.17. The van der Waals surface area contributed by atoms with E-state index in [-0.39, 0.29) is 31.1 Å². The number of alkyl halides is 1. The molecular weight excluding hydrogens is 362 g/mol. The normalized spacial score (nSPS) is 22.4. The lowest BCUT2D eigenvalue weighted by molar-refractivity contribution is 0.0742. The minimum atomic E-state index is -1.68. The Morgan fingerprint density at radius 1 is 1.14 bits per heavy atom. The molecule has 3 heterocycles. The molecule has 2 aliphatic rings. The van der Waals surface area contributed by atoms with Crippen LogP contribution in [-0.4, -0.2) is 30.5 Å². The fraction of sp³-hybridized carbons (Fsp3) is 0.318. The smallest absolute Gasteiger partial charge is 0.189 e. The van der Waals surface area contributed by atoms with Crippen molar-refractivity contribution in [3.05, 3.63) is 58.9 Å². The molecule has 144 valence electrons. The van der Waals surface area contributed by atoms with E-state index >= 15 is 4.39 Å². The van der Waals surface area contributed by atoms with Crippen molar-refractivity contribution in [3.63, 3.8) is 0 Å². The summed E-state index contributed by atoms with van der Waals surface area (Å²) in [5, 5.41) is 3.83. The van der Waals surface area contributed by atoms with E-state index in [1.807, 2.05) is 12.1 Å². The van der Waals surface area contributed by atoms with Gasteiger partial charge < -0.3 is 15.0 Å². The van der Waals surface area contributed by atoms with Crippen molar-refractivity contribution >= 4 is 16.7 Å². The molecule has 2 aliphatic heterocycles. The molecule has 4 nitrogen and oxygen atoms in total. The molecular formula is C22H20F2N2O2. The number of carbonyl (C=O) groups excluding carboxylic acids is 1. The molecule has 6 heteroatoms. The van der Waals surface area contributed by atoms with Crippen LogP contribution in [0.1, 0.15) is 34.3 Å². The fourth-order valence-electron chi connectivity index (χ4n) is 4.40. The van der Waals surface area contributed by atoms with Crippen LogP contribution in [0.3, 0.4) is 0 Å². The van der Waals surface area contributed by atoms with Gasteiger partial charge in [-0.05, 0) is 31.5 Å². The Morgan fingerprint density at radius 2 is 2.04 bits per heavy atom. The number of nitrogens with one attached hydrogen (secondary N) is 2. The summed E-state index contributed by atoms with van der Waals surface area (Å²) < 4.78 is 35.7. The lowest BCUT2D eigenvalue weighted by atomic mass is 9.87. The van der Waals surface area contributed by atoms with E-state index in [0.29, 0.717) is 29.7 Å². The molecule has 0 aliphatic carbocycles. The first kappa shape index (κ1) is 17.5. The predicted molar refractivity (Wildman–Crippen MR) is 103 cm³/mol. The summed E-state index contributed by atoms with van der Waals surface area (Å²) in [4.78, 5) is 15.6. The van der Waals surface area contributed by atoms with Gasteiger partial charge in [0.2, 0.25) is 0 Å². The first-order valence-corrected chi connectivity index (χ1v) is 9.51. The Bertz CT molecular complexity index is 1080. The molecule has 5 rings (SSSR count). The first-order chi connectivity index (χ1) is 13.6. The Hall–Kier alpha value is -2.57. The molecule has 0 unspecified atom stereocenters. The third-order valence-electron chi connectivity index (χ3n) is 5.78. The maximum Gasteiger partial charge on any atom is 0.189 e. The number of carbonyl (C=O) groups is 1. The summed E-state index contributed by atoms with van der Waals surface area (Å²) in [6, 6.07) is 10.1. The zero-order chi connectivity index (χ0) is 19.3. The van der Waals surface area contributed by atoms with E-state index in [0.717, 1.165) is 23.0 Å². The van der Waals surface area contributed by atoms with Gasteiger partial charge in [-0.3, -0.25) is 4.79 Å². The van der Waals surface area contributed by atoms with Gasteiger partial charge in [-0.2, -0.15) is 0 Å². The van der Waals surface area contributed by atoms with Gasteiger partial charge in [0, 0.05) is 39.7 Å². The Kier molecular flexibility index (Phi) is 4.07. The van der Waals surface area contributed by atoms with Crippen LogP contribution >= 0.6 is 0 Å². The molecule has 1 atom stereocenters. The van der Waals surface area contributed by atoms with Gasteiger partial charge in [0.15, 0.2) is 11.5 Å². The largest absolute Gasteiger partial charge is 0.369 e. The molecule has 1 saturated heterocycles. The standard InChI is InChI=1S/C22H20F2N2O2/c23-17-9-13(5-6-16(17)22(24)7-2-8-25-12-22)21-15-10-28-11-19(27)14-3-1-4-18(26-21)20(14)15/h1,3-6,9,25-26H,2,7-8,10-12H2/t22-/m1/s1. The minimum Gasteiger partial charge on any atom is -0.369 e. The summed E-state index contributed by atoms with van der Waals surface area (Å²) in [5.74, 6) is -0.624. The van der Waals surface area contributed by atoms with Crippen LogP contribution in [0.15, 0.2) is 36.4 Å². The van der Waals surface area contributed by atoms with Crippen LogP contribution in [0.2, 0.25) is 0 Å². The second-order valence-electron chi connectivity index (χ2n) is 7.56. The Morgan fingerprint density at radius 3 is 2.82 bits per heavy atom. The second kappa shape index (κ2) is 6.50. The van der Waals surface area contributed by atoms with Gasteiger partial charge in [0.1, 0.15) is 12.4 Å². The molecule has 3 aromatic rings. The van der Waals surface area contributed by atoms with E-state index in [2.05, 4.69) is 10.3 Å². The number of ketones is 1. The molecule has 1 fully saturated rings. The van der Waals surface area contributed by atoms with Crippen molar-refractivity contribution in [2.45, 2.75) is 25.1 Å². The maximum atomic E-state index is 15.2. The van der Waals surface area contributed by atoms with Crippen molar-refractivity contribution < 1.29 is 18.3 Å². The highest BCUT2D eigenvalue weighted by atomic mass is 19.1. The number of piperidine rings is 1. The van der Waals surface area contributed by atoms with Gasteiger partial charge in [0.05, 0.1) is 12.3 Å². The SMILES string of the molecule is O=C1COCc2c(-c3ccc([C@@]4(F)CCCNC4)c(F)c3)[nH]c3cccc1c23. The van der Waals surface area contributed by atoms with Crippen LogP contribution in [-0.2, 0) is 17.0 Å². The van der Waals surface area contributed by atoms with E-state index in [9.17, 15) is 9.18 Å². The third-order valence-corrected chi connectivity index (χ3v) is 5.78. The Labute approximate surface area is 160 Å². The summed E-state index contributed by atoms with van der Waals surface area (Å²) >= 11 is 0. The summed E-state index contributed by atoms with van der Waals surface area (Å²) in [7, 11) is 0. The highest BCUT2D eigenvalue weighted by Gasteiger charge is 2.36. The van der Waals surface area contributed by atoms with Crippen LogP contribution in [0.4, 0.5) is 8.78 Å². The molecule has 1 aromatic heterocycles. The maximum absolute atomic E-state index is 15.2. The van der Waals surface area contributed by atoms with E-state index in [1.54, 1.807) is 18.2 Å². The number of hydrogen-bond acceptors (Lipinski definition) is 3. The zero-order valence-corrected chi connectivity index (χ0v) is 15.3. The van der Waals surface area contributed by atoms with Crippen LogP contribution in [0.25, 0.3) is 22.2 Å². The highest BCUT2D eigenvalue weighted by Crippen LogP contribution is 2.38. The van der Waals surface area contributed by atoms with Gasteiger partial charge in [-0.15, -0.1) is 0 Å². The lowest BCUT2D eigenvalue weighted by Crippen LogP contribution is -2.40. The van der Waals surface area contributed by atoms with Gasteiger partial charge in [-0.1, -0.05) is 24.3 Å². The molecule has 28 heavy (non-hydrogen) atoms. The third kappa shape index (κ3) is 2.67. The Balaban J connectivity index is 1.63. The molecule has 0 spiro atoms. The average molecular weight is 382 g/mol. The lowest BCUT2D eigenvalue weighted by Gasteiger charge is -2.31. The first-order valence-electron chi connectivity index (χ1n) is 9.51. The van der Waals surface area contributed by atoms with Gasteiger partial charge in [0.25, 0.3) is 0 Å². The zero-order valence-electron chi connectivity index (χ0n) is 15.3. The van der Waals surface area contributed by atoms with Crippen molar-refractivity contribution in [2.24, 2.45) is 0 Å². The molecule has 0 amide bonds. The number of Topliss-reactive ketones (excluding diaryl/α,β-unsaturated/α-hetero) is 1. The summed E-state index contributed by atoms with van der Waals surface area (Å²) in [5.41, 5.74) is 1.98. The predicted octanol–water partition coefficient (Wildman–Crippen LogP) is 4.24. The van der Waals surface area contributed by atoms with Crippen molar-refractivity contribution in [3.8, 4) is 11.3 Å². The number of hydrogen-bond donors (Lipinski definition) is 2. The number of ether oxygens (including phenoxy) is 1. The van der Waals surface area contributed by atoms with E-state index < -0.39 is 11.5 Å². The number of rotatable bonds is 2. The quantitative estimate of drug-likeness (QED) is 0.697. The van der Waals surface area contributed by atoms with Crippen LogP contribution in [0.5, 0.6) is 0 Å². The van der Waals surface area contributed by atoms with Gasteiger partial charge in [-0.25, -0.2) is 8.78 Å². The molecule has 2 N–H and O–H groups in total. The van der Waals surface area contributed by atoms with Crippen LogP contribution < -0.4 is 5.32 Å². The number of H-pyrrole nitrogens is 1. The van der Waals surface area contributed by atoms with Crippen molar-refractivity contribution in [2.75, 3.05) is 19.7 Å². The number of aromatic nitrogens is 1. The van der Waals surface area contributed by atoms with E-state index in [4.69, 9.17) is 4.74 Å². The molecule has 0 bridgehead atoms. The second-order valence-corrected chi connectivity index (χ2v) is 7.56. The molecule has 0 radical (unpaired) electrons. The monoisotopic (exact) mass is 382 g/mol. The fourth-order valence-corrected chi connectivity index (χ4v) is 4.40. The van der Waals surface area contributed by atoms with Crippen molar-refractivity contribution in [1.29, 1.82) is 0 Å². The number of aromatic amines is 1. The number of benzene rings is 2. The van der Waals surface area contributed by atoms with Gasteiger partial charge >= 0.3 is 0 Å². The average Bonchev–Trinajstić information content (AvgIpc) is 2.98. The summed E-state index contributed by atoms with van der Waals surface area (Å²) in [6.07, 6.45) is 0.991. The molecule has 2 aromatic carbocycles. The number of halogens is 2.